The molecule has 6 nitrogen and oxygen atoms in total. The first-order valence-electron chi connectivity index (χ1n) is 9.28. The second-order valence-corrected chi connectivity index (χ2v) is 8.64. The molecule has 2 aromatic heterocycles. The fourth-order valence-electron chi connectivity index (χ4n) is 2.80. The predicted octanol–water partition coefficient (Wildman–Crippen LogP) is 4.55. The fourth-order valence-corrected chi connectivity index (χ4v) is 4.29. The van der Waals surface area contributed by atoms with E-state index in [0.717, 1.165) is 22.0 Å². The highest BCUT2D eigenvalue weighted by atomic mass is 32.2. The van der Waals surface area contributed by atoms with Gasteiger partial charge in [-0.05, 0) is 31.2 Å². The van der Waals surface area contributed by atoms with Gasteiger partial charge in [0.15, 0.2) is 11.0 Å². The molecule has 0 radical (unpaired) electrons. The molecule has 2 aromatic carbocycles. The summed E-state index contributed by atoms with van der Waals surface area (Å²) in [7, 11) is 0. The lowest BCUT2D eigenvalue weighted by Crippen LogP contribution is -2.19. The molecule has 0 aliphatic carbocycles. The monoisotopic (exact) mass is 433 g/mol. The van der Waals surface area contributed by atoms with Gasteiger partial charge in [0.05, 0.1) is 12.0 Å². The summed E-state index contributed by atoms with van der Waals surface area (Å²) in [4.78, 5) is 14.4. The average Bonchev–Trinajstić information content (AvgIpc) is 3.39. The van der Waals surface area contributed by atoms with Crippen molar-refractivity contribution in [3.05, 3.63) is 82.6 Å². The maximum absolute atomic E-state index is 12.2. The highest BCUT2D eigenvalue weighted by molar-refractivity contribution is 7.99. The van der Waals surface area contributed by atoms with E-state index in [4.69, 9.17) is 0 Å². The summed E-state index contributed by atoms with van der Waals surface area (Å²) in [5, 5.41) is 13.4. The molecular formula is C22H19N5OS2. The van der Waals surface area contributed by atoms with Crippen LogP contribution in [0.25, 0.3) is 17.1 Å². The molecule has 4 rings (SSSR count). The number of benzene rings is 2. The zero-order valence-corrected chi connectivity index (χ0v) is 17.9. The molecule has 150 valence electrons. The predicted molar refractivity (Wildman–Crippen MR) is 122 cm³/mol. The molecule has 30 heavy (non-hydrogen) atoms. The van der Waals surface area contributed by atoms with Crippen molar-refractivity contribution < 1.29 is 4.79 Å². The van der Waals surface area contributed by atoms with Crippen molar-refractivity contribution in [2.75, 3.05) is 5.75 Å². The molecule has 2 heterocycles. The zero-order valence-electron chi connectivity index (χ0n) is 16.2. The van der Waals surface area contributed by atoms with Crippen LogP contribution in [0, 0.1) is 6.92 Å². The van der Waals surface area contributed by atoms with E-state index in [1.165, 1.54) is 16.6 Å². The molecule has 1 N–H and O–H groups in total. The van der Waals surface area contributed by atoms with Gasteiger partial charge in [-0.3, -0.25) is 9.36 Å². The summed E-state index contributed by atoms with van der Waals surface area (Å²) >= 11 is 2.94. The van der Waals surface area contributed by atoms with Gasteiger partial charge < -0.3 is 0 Å². The van der Waals surface area contributed by atoms with Crippen LogP contribution in [-0.4, -0.2) is 32.6 Å². The van der Waals surface area contributed by atoms with Crippen LogP contribution in [0.1, 0.15) is 9.75 Å². The molecule has 0 aliphatic heterocycles. The van der Waals surface area contributed by atoms with E-state index in [0.29, 0.717) is 5.16 Å². The van der Waals surface area contributed by atoms with E-state index in [2.05, 4.69) is 20.7 Å². The SMILES string of the molecule is Cc1ccc(/C=N/NC(=O)CSc2nnc(-c3ccccc3)n2-c2ccccc2)s1. The van der Waals surface area contributed by atoms with Crippen LogP contribution in [-0.2, 0) is 4.79 Å². The van der Waals surface area contributed by atoms with E-state index in [1.54, 1.807) is 17.6 Å². The van der Waals surface area contributed by atoms with Crippen molar-refractivity contribution in [1.82, 2.24) is 20.2 Å². The highest BCUT2D eigenvalue weighted by Gasteiger charge is 2.16. The Hall–Kier alpha value is -3.23. The van der Waals surface area contributed by atoms with E-state index < -0.39 is 0 Å². The first-order valence-corrected chi connectivity index (χ1v) is 11.1. The Morgan fingerprint density at radius 2 is 1.80 bits per heavy atom. The molecule has 4 aromatic rings. The number of carbonyl (C=O) groups excluding carboxylic acids is 1. The van der Waals surface area contributed by atoms with Crippen molar-refractivity contribution >= 4 is 35.2 Å². The van der Waals surface area contributed by atoms with Gasteiger partial charge in [-0.25, -0.2) is 5.43 Å². The number of hydrazone groups is 1. The summed E-state index contributed by atoms with van der Waals surface area (Å²) in [6, 6.07) is 23.7. The zero-order chi connectivity index (χ0) is 20.8. The Balaban J connectivity index is 1.49. The van der Waals surface area contributed by atoms with Crippen LogP contribution in [0.3, 0.4) is 0 Å². The van der Waals surface area contributed by atoms with Crippen LogP contribution in [0.15, 0.2) is 83.1 Å². The minimum Gasteiger partial charge on any atom is -0.272 e. The number of para-hydroxylation sites is 1. The number of thioether (sulfide) groups is 1. The second kappa shape index (κ2) is 9.51. The lowest BCUT2D eigenvalue weighted by Gasteiger charge is -2.10. The molecule has 8 heteroatoms. The smallest absolute Gasteiger partial charge is 0.250 e. The van der Waals surface area contributed by atoms with E-state index in [1.807, 2.05) is 84.3 Å². The summed E-state index contributed by atoms with van der Waals surface area (Å²) in [5.74, 6) is 0.713. The number of thiophene rings is 1. The lowest BCUT2D eigenvalue weighted by molar-refractivity contribution is -0.118. The maximum atomic E-state index is 12.2. The largest absolute Gasteiger partial charge is 0.272 e. The van der Waals surface area contributed by atoms with Gasteiger partial charge in [-0.2, -0.15) is 5.10 Å². The van der Waals surface area contributed by atoms with Crippen LogP contribution < -0.4 is 5.43 Å². The minimum absolute atomic E-state index is 0.181. The molecular weight excluding hydrogens is 414 g/mol. The summed E-state index contributed by atoms with van der Waals surface area (Å²) in [5.41, 5.74) is 4.47. The van der Waals surface area contributed by atoms with Crippen molar-refractivity contribution in [1.29, 1.82) is 0 Å². The van der Waals surface area contributed by atoms with E-state index >= 15 is 0 Å². The Morgan fingerprint density at radius 1 is 1.07 bits per heavy atom. The Labute approximate surface area is 182 Å². The third kappa shape index (κ3) is 4.84. The summed E-state index contributed by atoms with van der Waals surface area (Å²) in [6.07, 6.45) is 1.65. The third-order valence-corrected chi connectivity index (χ3v) is 6.02. The summed E-state index contributed by atoms with van der Waals surface area (Å²) in [6.45, 7) is 2.03. The van der Waals surface area contributed by atoms with Gasteiger partial charge in [0.2, 0.25) is 0 Å². The maximum Gasteiger partial charge on any atom is 0.250 e. The standard InChI is InChI=1S/C22H19N5OS2/c1-16-12-13-19(30-16)14-23-24-20(28)15-29-22-26-25-21(17-8-4-2-5-9-17)27(22)18-10-6-3-7-11-18/h2-14H,15H2,1H3,(H,24,28)/b23-14+. The number of carbonyl (C=O) groups is 1. The van der Waals surface area contributed by atoms with Crippen LogP contribution in [0.4, 0.5) is 0 Å². The molecule has 0 unspecified atom stereocenters. The molecule has 0 aliphatic rings. The molecule has 0 fully saturated rings. The molecule has 0 saturated heterocycles. The fraction of sp³-hybridized carbons (Fsp3) is 0.0909. The van der Waals surface area contributed by atoms with Gasteiger partial charge in [0.25, 0.3) is 5.91 Å². The normalized spacial score (nSPS) is 11.1. The third-order valence-electron chi connectivity index (χ3n) is 4.15. The average molecular weight is 434 g/mol. The highest BCUT2D eigenvalue weighted by Crippen LogP contribution is 2.27. The topological polar surface area (TPSA) is 72.2 Å². The first kappa shape index (κ1) is 20.1. The molecule has 0 spiro atoms. The number of amides is 1. The molecule has 0 atom stereocenters. The lowest BCUT2D eigenvalue weighted by atomic mass is 10.2. The Morgan fingerprint density at radius 3 is 2.50 bits per heavy atom. The van der Waals surface area contributed by atoms with Crippen molar-refractivity contribution in [3.8, 4) is 17.1 Å². The number of aryl methyl sites for hydroxylation is 1. The van der Waals surface area contributed by atoms with E-state index in [-0.39, 0.29) is 11.7 Å². The van der Waals surface area contributed by atoms with Gasteiger partial charge >= 0.3 is 0 Å². The van der Waals surface area contributed by atoms with E-state index in [9.17, 15) is 4.79 Å². The second-order valence-electron chi connectivity index (χ2n) is 6.37. The Bertz CT molecular complexity index is 1150. The minimum atomic E-state index is -0.201. The van der Waals surface area contributed by atoms with Crippen molar-refractivity contribution in [3.63, 3.8) is 0 Å². The quantitative estimate of drug-likeness (QED) is 0.264. The Kier molecular flexibility index (Phi) is 6.36. The first-order chi connectivity index (χ1) is 14.7. The number of rotatable bonds is 7. The number of hydrogen-bond acceptors (Lipinski definition) is 6. The molecule has 0 bridgehead atoms. The van der Waals surface area contributed by atoms with Gasteiger partial charge in [0, 0.05) is 21.0 Å². The molecule has 0 saturated carbocycles. The number of aromatic nitrogens is 3. The van der Waals surface area contributed by atoms with Crippen LogP contribution in [0.2, 0.25) is 0 Å². The van der Waals surface area contributed by atoms with Crippen LogP contribution in [0.5, 0.6) is 0 Å². The summed E-state index contributed by atoms with van der Waals surface area (Å²) < 4.78 is 1.96. The van der Waals surface area contributed by atoms with Gasteiger partial charge in [-0.1, -0.05) is 60.3 Å². The number of hydrogen-bond donors (Lipinski definition) is 1. The van der Waals surface area contributed by atoms with Crippen molar-refractivity contribution in [2.45, 2.75) is 12.1 Å². The van der Waals surface area contributed by atoms with Crippen LogP contribution >= 0.6 is 23.1 Å². The number of nitrogens with zero attached hydrogens (tertiary/aromatic N) is 4. The molecule has 1 amide bonds. The number of nitrogens with one attached hydrogen (secondary N) is 1. The van der Waals surface area contributed by atoms with Crippen molar-refractivity contribution in [2.24, 2.45) is 5.10 Å². The van der Waals surface area contributed by atoms with Gasteiger partial charge in [-0.15, -0.1) is 21.5 Å². The van der Waals surface area contributed by atoms with Gasteiger partial charge in [0.1, 0.15) is 0 Å².